The molecule has 2 nitrogen and oxygen atoms in total. The molecule has 0 spiro atoms. The Morgan fingerprint density at radius 2 is 1.89 bits per heavy atom. The summed E-state index contributed by atoms with van der Waals surface area (Å²) in [6.45, 7) is 5.74. The van der Waals surface area contributed by atoms with Crippen LogP contribution in [0.1, 0.15) is 18.4 Å². The second kappa shape index (κ2) is 5.49. The van der Waals surface area contributed by atoms with Gasteiger partial charge < -0.3 is 0 Å². The molecule has 1 heterocycles. The summed E-state index contributed by atoms with van der Waals surface area (Å²) < 4.78 is 0.998. The van der Waals surface area contributed by atoms with Crippen molar-refractivity contribution >= 4 is 27.5 Å². The van der Waals surface area contributed by atoms with Gasteiger partial charge in [-0.05, 0) is 40.4 Å². The molecular weight excluding hydrogens is 312 g/mol. The third kappa shape index (κ3) is 2.90. The standard InChI is InChI=1S/C14H18BrClN2/c15-13-3-1-2-11(14(13)16)10-17-6-8-18(9-7-17)12-4-5-12/h1-3,12H,4-10H2. The second-order valence-corrected chi connectivity index (χ2v) is 6.49. The Morgan fingerprint density at radius 1 is 1.17 bits per heavy atom. The van der Waals surface area contributed by atoms with Gasteiger partial charge in [-0.25, -0.2) is 0 Å². The molecule has 1 saturated heterocycles. The van der Waals surface area contributed by atoms with Gasteiger partial charge in [0.2, 0.25) is 0 Å². The summed E-state index contributed by atoms with van der Waals surface area (Å²) in [7, 11) is 0. The van der Waals surface area contributed by atoms with Crippen molar-refractivity contribution in [2.45, 2.75) is 25.4 Å². The van der Waals surface area contributed by atoms with Gasteiger partial charge in [-0.1, -0.05) is 23.7 Å². The van der Waals surface area contributed by atoms with Crippen molar-refractivity contribution in [3.63, 3.8) is 0 Å². The van der Waals surface area contributed by atoms with E-state index in [0.29, 0.717) is 0 Å². The lowest BCUT2D eigenvalue weighted by atomic mass is 10.2. The highest BCUT2D eigenvalue weighted by Crippen LogP contribution is 2.29. The van der Waals surface area contributed by atoms with Crippen molar-refractivity contribution < 1.29 is 0 Å². The Bertz CT molecular complexity index is 426. The molecule has 1 aromatic rings. The van der Waals surface area contributed by atoms with E-state index in [1.807, 2.05) is 6.07 Å². The fraction of sp³-hybridized carbons (Fsp3) is 0.571. The smallest absolute Gasteiger partial charge is 0.0593 e. The van der Waals surface area contributed by atoms with Crippen molar-refractivity contribution in [1.29, 1.82) is 0 Å². The maximum Gasteiger partial charge on any atom is 0.0593 e. The van der Waals surface area contributed by atoms with Crippen molar-refractivity contribution in [3.05, 3.63) is 33.3 Å². The van der Waals surface area contributed by atoms with Gasteiger partial charge in [0.15, 0.2) is 0 Å². The highest BCUT2D eigenvalue weighted by Gasteiger charge is 2.31. The number of piperazine rings is 1. The van der Waals surface area contributed by atoms with Gasteiger partial charge in [0, 0.05) is 43.2 Å². The molecule has 0 radical (unpaired) electrons. The van der Waals surface area contributed by atoms with Crippen LogP contribution in [0, 0.1) is 0 Å². The minimum Gasteiger partial charge on any atom is -0.298 e. The third-order valence-corrected chi connectivity index (χ3v) is 5.23. The molecule has 0 unspecified atom stereocenters. The van der Waals surface area contributed by atoms with Crippen LogP contribution in [0.3, 0.4) is 0 Å². The molecule has 1 aliphatic carbocycles. The quantitative estimate of drug-likeness (QED) is 0.839. The first kappa shape index (κ1) is 12.9. The van der Waals surface area contributed by atoms with Crippen LogP contribution >= 0.6 is 27.5 Å². The lowest BCUT2D eigenvalue weighted by Gasteiger charge is -2.35. The van der Waals surface area contributed by atoms with Crippen LogP contribution in [0.2, 0.25) is 5.02 Å². The average Bonchev–Trinajstić information content (AvgIpc) is 3.20. The zero-order valence-corrected chi connectivity index (χ0v) is 12.8. The summed E-state index contributed by atoms with van der Waals surface area (Å²) in [5, 5.41) is 0.863. The van der Waals surface area contributed by atoms with Crippen LogP contribution in [0.4, 0.5) is 0 Å². The van der Waals surface area contributed by atoms with Crippen LogP contribution < -0.4 is 0 Å². The van der Waals surface area contributed by atoms with E-state index in [2.05, 4.69) is 37.9 Å². The topological polar surface area (TPSA) is 6.48 Å². The third-order valence-electron chi connectivity index (χ3n) is 3.90. The molecule has 1 aromatic carbocycles. The van der Waals surface area contributed by atoms with E-state index >= 15 is 0 Å². The van der Waals surface area contributed by atoms with Gasteiger partial charge in [0.25, 0.3) is 0 Å². The minimum absolute atomic E-state index is 0.863. The SMILES string of the molecule is Clc1c(Br)cccc1CN1CCN(C2CC2)CC1. The molecule has 1 saturated carbocycles. The second-order valence-electron chi connectivity index (χ2n) is 5.26. The Morgan fingerprint density at radius 3 is 2.56 bits per heavy atom. The molecule has 18 heavy (non-hydrogen) atoms. The fourth-order valence-electron chi connectivity index (χ4n) is 2.64. The molecule has 2 aliphatic rings. The first-order valence-electron chi connectivity index (χ1n) is 6.63. The molecule has 0 atom stereocenters. The largest absolute Gasteiger partial charge is 0.298 e. The van der Waals surface area contributed by atoms with Crippen LogP contribution in [0.15, 0.2) is 22.7 Å². The molecule has 4 heteroatoms. The maximum atomic E-state index is 6.32. The average molecular weight is 330 g/mol. The zero-order chi connectivity index (χ0) is 12.5. The normalized spacial score (nSPS) is 22.3. The molecule has 1 aliphatic heterocycles. The van der Waals surface area contributed by atoms with Crippen LogP contribution in [-0.4, -0.2) is 42.0 Å². The Labute approximate surface area is 122 Å². The van der Waals surface area contributed by atoms with Gasteiger partial charge in [-0.2, -0.15) is 0 Å². The summed E-state index contributed by atoms with van der Waals surface area (Å²) in [5.41, 5.74) is 1.23. The Kier molecular flexibility index (Phi) is 3.94. The molecule has 98 valence electrons. The van der Waals surface area contributed by atoms with E-state index in [-0.39, 0.29) is 0 Å². The first-order chi connectivity index (χ1) is 8.74. The zero-order valence-electron chi connectivity index (χ0n) is 10.4. The highest BCUT2D eigenvalue weighted by molar-refractivity contribution is 9.10. The summed E-state index contributed by atoms with van der Waals surface area (Å²) in [6, 6.07) is 7.09. The van der Waals surface area contributed by atoms with Crippen molar-refractivity contribution in [1.82, 2.24) is 9.80 Å². The van der Waals surface area contributed by atoms with Gasteiger partial charge in [-0.3, -0.25) is 9.80 Å². The van der Waals surface area contributed by atoms with Crippen molar-refractivity contribution in [2.24, 2.45) is 0 Å². The highest BCUT2D eigenvalue weighted by atomic mass is 79.9. The monoisotopic (exact) mass is 328 g/mol. The molecule has 0 bridgehead atoms. The lowest BCUT2D eigenvalue weighted by molar-refractivity contribution is 0.121. The van der Waals surface area contributed by atoms with E-state index in [4.69, 9.17) is 11.6 Å². The Balaban J connectivity index is 1.58. The summed E-state index contributed by atoms with van der Waals surface area (Å²) in [5.74, 6) is 0. The predicted molar refractivity (Wildman–Crippen MR) is 79.0 cm³/mol. The summed E-state index contributed by atoms with van der Waals surface area (Å²) in [6.07, 6.45) is 2.83. The van der Waals surface area contributed by atoms with Gasteiger partial charge in [-0.15, -0.1) is 0 Å². The van der Waals surface area contributed by atoms with Crippen LogP contribution in [0.25, 0.3) is 0 Å². The maximum absolute atomic E-state index is 6.32. The van der Waals surface area contributed by atoms with E-state index in [0.717, 1.165) is 22.1 Å². The molecule has 2 fully saturated rings. The van der Waals surface area contributed by atoms with Gasteiger partial charge >= 0.3 is 0 Å². The number of benzene rings is 1. The van der Waals surface area contributed by atoms with Gasteiger partial charge in [0.05, 0.1) is 5.02 Å². The molecule has 0 amide bonds. The van der Waals surface area contributed by atoms with Crippen molar-refractivity contribution in [2.75, 3.05) is 26.2 Å². The van der Waals surface area contributed by atoms with E-state index in [9.17, 15) is 0 Å². The Hall–Kier alpha value is -0.0900. The number of hydrogen-bond acceptors (Lipinski definition) is 2. The summed E-state index contributed by atoms with van der Waals surface area (Å²) in [4.78, 5) is 5.14. The van der Waals surface area contributed by atoms with Gasteiger partial charge in [0.1, 0.15) is 0 Å². The van der Waals surface area contributed by atoms with E-state index in [1.165, 1.54) is 44.6 Å². The van der Waals surface area contributed by atoms with Crippen molar-refractivity contribution in [3.8, 4) is 0 Å². The fourth-order valence-corrected chi connectivity index (χ4v) is 3.23. The first-order valence-corrected chi connectivity index (χ1v) is 7.80. The number of hydrogen-bond donors (Lipinski definition) is 0. The van der Waals surface area contributed by atoms with E-state index in [1.54, 1.807) is 0 Å². The molecule has 0 N–H and O–H groups in total. The number of nitrogens with zero attached hydrogens (tertiary/aromatic N) is 2. The lowest BCUT2D eigenvalue weighted by Crippen LogP contribution is -2.46. The molecular formula is C14H18BrClN2. The minimum atomic E-state index is 0.863. The van der Waals surface area contributed by atoms with Crippen LogP contribution in [-0.2, 0) is 6.54 Å². The number of rotatable bonds is 3. The molecule has 3 rings (SSSR count). The molecule has 0 aromatic heterocycles. The number of halogens is 2. The summed E-state index contributed by atoms with van der Waals surface area (Å²) >= 11 is 9.81. The van der Waals surface area contributed by atoms with E-state index < -0.39 is 0 Å². The predicted octanol–water partition coefficient (Wildman–Crippen LogP) is 3.38. The van der Waals surface area contributed by atoms with Crippen LogP contribution in [0.5, 0.6) is 0 Å².